The summed E-state index contributed by atoms with van der Waals surface area (Å²) in [6.07, 6.45) is 1.90. The van der Waals surface area contributed by atoms with Gasteiger partial charge in [-0.05, 0) is 18.6 Å². The molecular formula is C13H20N2O3S2. The third kappa shape index (κ3) is 7.00. The highest BCUT2D eigenvalue weighted by Gasteiger charge is 2.07. The van der Waals surface area contributed by atoms with E-state index in [2.05, 4.69) is 16.9 Å². The van der Waals surface area contributed by atoms with Crippen molar-refractivity contribution in [3.63, 3.8) is 0 Å². The average molecular weight is 316 g/mol. The van der Waals surface area contributed by atoms with E-state index >= 15 is 0 Å². The summed E-state index contributed by atoms with van der Waals surface area (Å²) >= 11 is 2.94. The number of carbonyl (C=O) groups is 1. The summed E-state index contributed by atoms with van der Waals surface area (Å²) in [4.78, 5) is 29.9. The fraction of sp³-hybridized carbons (Fsp3) is 0.615. The van der Waals surface area contributed by atoms with Crippen molar-refractivity contribution in [2.24, 2.45) is 0 Å². The summed E-state index contributed by atoms with van der Waals surface area (Å²) in [5.41, 5.74) is 0.563. The van der Waals surface area contributed by atoms with Crippen LogP contribution in [0, 0.1) is 0 Å². The van der Waals surface area contributed by atoms with Crippen molar-refractivity contribution in [2.45, 2.75) is 37.6 Å². The molecule has 7 heteroatoms. The Hall–Kier alpha value is -0.950. The first-order valence-electron chi connectivity index (χ1n) is 6.62. The summed E-state index contributed by atoms with van der Waals surface area (Å²) in [5, 5.41) is 0.470. The van der Waals surface area contributed by atoms with Gasteiger partial charge in [-0.3, -0.25) is 9.59 Å². The SMILES string of the molecule is CCCOC(=O)CSc1nc(CSCCC)cc(=O)[nH]1. The molecule has 1 rings (SSSR count). The van der Waals surface area contributed by atoms with Crippen molar-refractivity contribution in [1.29, 1.82) is 0 Å². The van der Waals surface area contributed by atoms with Gasteiger partial charge in [0.25, 0.3) is 5.56 Å². The second kappa shape index (κ2) is 9.88. The van der Waals surface area contributed by atoms with E-state index in [9.17, 15) is 9.59 Å². The van der Waals surface area contributed by atoms with Crippen molar-refractivity contribution >= 4 is 29.5 Å². The van der Waals surface area contributed by atoms with Crippen molar-refractivity contribution in [2.75, 3.05) is 18.1 Å². The van der Waals surface area contributed by atoms with Crippen LogP contribution in [0.5, 0.6) is 0 Å². The molecule has 0 aliphatic carbocycles. The van der Waals surface area contributed by atoms with Gasteiger partial charge in [-0.25, -0.2) is 4.98 Å². The van der Waals surface area contributed by atoms with E-state index in [0.717, 1.165) is 24.3 Å². The van der Waals surface area contributed by atoms with Gasteiger partial charge in [0.1, 0.15) is 0 Å². The summed E-state index contributed by atoms with van der Waals surface area (Å²) in [6, 6.07) is 1.50. The van der Waals surface area contributed by atoms with E-state index in [0.29, 0.717) is 17.5 Å². The molecule has 0 saturated heterocycles. The van der Waals surface area contributed by atoms with Crippen LogP contribution in [0.1, 0.15) is 32.4 Å². The van der Waals surface area contributed by atoms with E-state index in [1.54, 1.807) is 11.8 Å². The van der Waals surface area contributed by atoms with Gasteiger partial charge in [0.05, 0.1) is 18.1 Å². The number of hydrogen-bond acceptors (Lipinski definition) is 6. The molecule has 1 aromatic heterocycles. The van der Waals surface area contributed by atoms with Crippen LogP contribution in [-0.4, -0.2) is 34.0 Å². The molecule has 0 aromatic carbocycles. The Labute approximate surface area is 127 Å². The Morgan fingerprint density at radius 3 is 2.90 bits per heavy atom. The monoisotopic (exact) mass is 316 g/mol. The van der Waals surface area contributed by atoms with Crippen LogP contribution in [0.15, 0.2) is 16.0 Å². The Bertz CT molecular complexity index is 477. The Morgan fingerprint density at radius 2 is 2.20 bits per heavy atom. The van der Waals surface area contributed by atoms with Crippen molar-refractivity contribution in [1.82, 2.24) is 9.97 Å². The molecule has 0 radical (unpaired) electrons. The molecule has 0 bridgehead atoms. The molecule has 20 heavy (non-hydrogen) atoms. The fourth-order valence-corrected chi connectivity index (χ4v) is 2.81. The molecule has 0 atom stereocenters. The standard InChI is InChI=1S/C13H20N2O3S2/c1-3-5-18-12(17)9-20-13-14-10(7-11(16)15-13)8-19-6-4-2/h7H,3-6,8-9H2,1-2H3,(H,14,15,16). The highest BCUT2D eigenvalue weighted by Crippen LogP contribution is 2.15. The molecule has 5 nitrogen and oxygen atoms in total. The van der Waals surface area contributed by atoms with Crippen molar-refractivity contribution < 1.29 is 9.53 Å². The van der Waals surface area contributed by atoms with Gasteiger partial charge in [0, 0.05) is 11.8 Å². The topological polar surface area (TPSA) is 72.0 Å². The minimum atomic E-state index is -0.287. The lowest BCUT2D eigenvalue weighted by Crippen LogP contribution is -2.12. The number of nitrogens with one attached hydrogen (secondary N) is 1. The molecule has 1 N–H and O–H groups in total. The number of thioether (sulfide) groups is 2. The number of H-pyrrole nitrogens is 1. The smallest absolute Gasteiger partial charge is 0.316 e. The minimum Gasteiger partial charge on any atom is -0.465 e. The molecule has 0 aliphatic heterocycles. The van der Waals surface area contributed by atoms with E-state index in [1.165, 1.54) is 17.8 Å². The maximum Gasteiger partial charge on any atom is 0.316 e. The molecule has 0 amide bonds. The maximum absolute atomic E-state index is 11.5. The van der Waals surface area contributed by atoms with Gasteiger partial charge in [0.15, 0.2) is 5.16 Å². The van der Waals surface area contributed by atoms with Crippen LogP contribution < -0.4 is 5.56 Å². The summed E-state index contributed by atoms with van der Waals surface area (Å²) in [6.45, 7) is 4.48. The third-order valence-electron chi connectivity index (χ3n) is 2.17. The van der Waals surface area contributed by atoms with E-state index in [4.69, 9.17) is 4.74 Å². The zero-order chi connectivity index (χ0) is 14.8. The molecule has 0 fully saturated rings. The molecular weight excluding hydrogens is 296 g/mol. The summed E-state index contributed by atoms with van der Waals surface area (Å²) in [7, 11) is 0. The highest BCUT2D eigenvalue weighted by atomic mass is 32.2. The van der Waals surface area contributed by atoms with Gasteiger partial charge in [-0.2, -0.15) is 11.8 Å². The summed E-state index contributed by atoms with van der Waals surface area (Å²) < 4.78 is 4.97. The number of esters is 1. The summed E-state index contributed by atoms with van der Waals surface area (Å²) in [5.74, 6) is 1.63. The number of nitrogens with zero attached hydrogens (tertiary/aromatic N) is 1. The second-order valence-corrected chi connectivity index (χ2v) is 6.17. The number of rotatable bonds is 9. The van der Waals surface area contributed by atoms with E-state index in [-0.39, 0.29) is 17.3 Å². The van der Waals surface area contributed by atoms with Crippen LogP contribution in [-0.2, 0) is 15.3 Å². The molecule has 112 valence electrons. The lowest BCUT2D eigenvalue weighted by molar-refractivity contribution is -0.140. The molecule has 1 heterocycles. The van der Waals surface area contributed by atoms with Crippen LogP contribution in [0.3, 0.4) is 0 Å². The van der Waals surface area contributed by atoms with Crippen LogP contribution in [0.2, 0.25) is 0 Å². The normalized spacial score (nSPS) is 10.5. The molecule has 0 saturated carbocycles. The molecule has 0 aliphatic rings. The predicted octanol–water partition coefficient (Wildman–Crippen LogP) is 2.46. The first-order chi connectivity index (χ1) is 9.65. The lowest BCUT2D eigenvalue weighted by atomic mass is 10.5. The van der Waals surface area contributed by atoms with E-state index in [1.807, 2.05) is 6.92 Å². The predicted molar refractivity (Wildman–Crippen MR) is 83.3 cm³/mol. The first kappa shape index (κ1) is 17.1. The fourth-order valence-electron chi connectivity index (χ4n) is 1.33. The maximum atomic E-state index is 11.5. The molecule has 0 spiro atoms. The quantitative estimate of drug-likeness (QED) is 0.326. The van der Waals surface area contributed by atoms with Crippen molar-refractivity contribution in [3.05, 3.63) is 22.1 Å². The number of aromatic nitrogens is 2. The minimum absolute atomic E-state index is 0.161. The van der Waals surface area contributed by atoms with Gasteiger partial charge < -0.3 is 9.72 Å². The van der Waals surface area contributed by atoms with Crippen LogP contribution >= 0.6 is 23.5 Å². The lowest BCUT2D eigenvalue weighted by Gasteiger charge is -2.04. The van der Waals surface area contributed by atoms with Gasteiger partial charge in [-0.1, -0.05) is 25.6 Å². The van der Waals surface area contributed by atoms with E-state index < -0.39 is 0 Å². The zero-order valence-electron chi connectivity index (χ0n) is 11.8. The van der Waals surface area contributed by atoms with Gasteiger partial charge in [0.2, 0.25) is 0 Å². The van der Waals surface area contributed by atoms with Crippen LogP contribution in [0.4, 0.5) is 0 Å². The van der Waals surface area contributed by atoms with Crippen molar-refractivity contribution in [3.8, 4) is 0 Å². The average Bonchev–Trinajstić information content (AvgIpc) is 2.42. The second-order valence-electron chi connectivity index (χ2n) is 4.10. The van der Waals surface area contributed by atoms with Crippen LogP contribution in [0.25, 0.3) is 0 Å². The zero-order valence-corrected chi connectivity index (χ0v) is 13.4. The molecule has 1 aromatic rings. The number of hydrogen-bond donors (Lipinski definition) is 1. The van der Waals surface area contributed by atoms with Gasteiger partial charge >= 0.3 is 5.97 Å². The largest absolute Gasteiger partial charge is 0.465 e. The number of ether oxygens (including phenoxy) is 1. The number of carbonyl (C=O) groups excluding carboxylic acids is 1. The first-order valence-corrected chi connectivity index (χ1v) is 8.76. The van der Waals surface area contributed by atoms with Gasteiger partial charge in [-0.15, -0.1) is 0 Å². The molecule has 0 unspecified atom stereocenters. The Morgan fingerprint density at radius 1 is 1.40 bits per heavy atom. The highest BCUT2D eigenvalue weighted by molar-refractivity contribution is 7.99. The third-order valence-corrected chi connectivity index (χ3v) is 4.21. The Kier molecular flexibility index (Phi) is 8.45. The number of aromatic amines is 1. The Balaban J connectivity index is 2.52.